The number of halogens is 1. The van der Waals surface area contributed by atoms with Gasteiger partial charge in [-0.3, -0.25) is 15.7 Å². The molecule has 3 aromatic heterocycles. The highest BCUT2D eigenvalue weighted by Crippen LogP contribution is 2.20. The molecule has 0 atom stereocenters. The van der Waals surface area contributed by atoms with Crippen molar-refractivity contribution in [2.75, 3.05) is 0 Å². The predicted octanol–water partition coefficient (Wildman–Crippen LogP) is 2.51. The molecule has 0 aliphatic carbocycles. The summed E-state index contributed by atoms with van der Waals surface area (Å²) in [6, 6.07) is 2.89. The van der Waals surface area contributed by atoms with Gasteiger partial charge in [0.2, 0.25) is 0 Å². The van der Waals surface area contributed by atoms with Crippen LogP contribution in [-0.2, 0) is 13.0 Å². The van der Waals surface area contributed by atoms with Crippen molar-refractivity contribution in [2.24, 2.45) is 4.99 Å². The lowest BCUT2D eigenvalue weighted by Gasteiger charge is -2.11. The van der Waals surface area contributed by atoms with Gasteiger partial charge in [0.25, 0.3) is 0 Å². The summed E-state index contributed by atoms with van der Waals surface area (Å²) in [6.07, 6.45) is 9.13. The Morgan fingerprint density at radius 3 is 2.92 bits per heavy atom. The van der Waals surface area contributed by atoms with Crippen LogP contribution in [0.15, 0.2) is 41.9 Å². The van der Waals surface area contributed by atoms with Gasteiger partial charge in [0.1, 0.15) is 12.0 Å². The van der Waals surface area contributed by atoms with E-state index in [0.717, 1.165) is 30.6 Å². The molecule has 0 amide bonds. The fourth-order valence-corrected chi connectivity index (χ4v) is 2.53. The fourth-order valence-electron chi connectivity index (χ4n) is 2.53. The maximum atomic E-state index is 14.1. The van der Waals surface area contributed by atoms with Crippen molar-refractivity contribution in [1.29, 1.82) is 0 Å². The second-order valence-corrected chi connectivity index (χ2v) is 5.47. The number of imidazole rings is 1. The van der Waals surface area contributed by atoms with Crippen LogP contribution >= 0.6 is 0 Å². The molecule has 2 N–H and O–H groups in total. The minimum absolute atomic E-state index is 0.192. The van der Waals surface area contributed by atoms with Gasteiger partial charge in [0, 0.05) is 18.6 Å². The summed E-state index contributed by atoms with van der Waals surface area (Å²) in [4.78, 5) is 21.2. The van der Waals surface area contributed by atoms with Gasteiger partial charge >= 0.3 is 0 Å². The lowest BCUT2D eigenvalue weighted by atomic mass is 10.2. The molecule has 0 unspecified atom stereocenters. The van der Waals surface area contributed by atoms with E-state index in [9.17, 15) is 4.39 Å². The van der Waals surface area contributed by atoms with Crippen LogP contribution < -0.4 is 5.48 Å². The number of aliphatic imine (C=N–C) groups is 1. The molecule has 134 valence electrons. The van der Waals surface area contributed by atoms with E-state index in [-0.39, 0.29) is 5.69 Å². The number of aromatic nitrogens is 5. The molecule has 0 aromatic carbocycles. The maximum absolute atomic E-state index is 14.1. The molecular weight excluding hydrogens is 337 g/mol. The SMILES string of the molecule is CCCc1nc(/N=C/NO)cnc1Cn1ccnc1-c1ncccc1F. The third-order valence-electron chi connectivity index (χ3n) is 3.67. The number of nitrogens with one attached hydrogen (secondary N) is 1. The van der Waals surface area contributed by atoms with Gasteiger partial charge in [0.15, 0.2) is 17.5 Å². The van der Waals surface area contributed by atoms with Crippen molar-refractivity contribution in [2.45, 2.75) is 26.3 Å². The minimum Gasteiger partial charge on any atom is -0.324 e. The van der Waals surface area contributed by atoms with Crippen molar-refractivity contribution in [3.8, 4) is 11.5 Å². The molecule has 0 bridgehead atoms. The highest BCUT2D eigenvalue weighted by atomic mass is 19.1. The normalized spacial score (nSPS) is 11.2. The molecule has 0 saturated carbocycles. The van der Waals surface area contributed by atoms with Crippen LogP contribution in [0.1, 0.15) is 24.7 Å². The Bertz CT molecular complexity index is 910. The molecule has 26 heavy (non-hydrogen) atoms. The van der Waals surface area contributed by atoms with Crippen LogP contribution in [0.3, 0.4) is 0 Å². The average molecular weight is 355 g/mol. The number of nitrogens with zero attached hydrogens (tertiary/aromatic N) is 6. The lowest BCUT2D eigenvalue weighted by molar-refractivity contribution is 0.240. The van der Waals surface area contributed by atoms with Gasteiger partial charge in [-0.05, 0) is 18.6 Å². The van der Waals surface area contributed by atoms with Crippen molar-refractivity contribution in [1.82, 2.24) is 30.0 Å². The zero-order valence-electron chi connectivity index (χ0n) is 14.2. The van der Waals surface area contributed by atoms with Crippen molar-refractivity contribution in [3.05, 3.63) is 54.1 Å². The van der Waals surface area contributed by atoms with E-state index in [1.807, 2.05) is 12.4 Å². The number of hydroxylamine groups is 1. The Kier molecular flexibility index (Phi) is 5.59. The van der Waals surface area contributed by atoms with Gasteiger partial charge in [-0.2, -0.15) is 0 Å². The van der Waals surface area contributed by atoms with E-state index in [1.165, 1.54) is 24.5 Å². The Morgan fingerprint density at radius 1 is 1.27 bits per heavy atom. The Labute approximate surface area is 149 Å². The van der Waals surface area contributed by atoms with Crippen LogP contribution in [0.2, 0.25) is 0 Å². The first-order valence-corrected chi connectivity index (χ1v) is 8.12. The number of hydrogen-bond acceptors (Lipinski definition) is 6. The topological polar surface area (TPSA) is 101 Å². The monoisotopic (exact) mass is 355 g/mol. The zero-order valence-corrected chi connectivity index (χ0v) is 14.2. The Morgan fingerprint density at radius 2 is 2.15 bits per heavy atom. The quantitative estimate of drug-likeness (QED) is 0.384. The molecule has 0 saturated heterocycles. The maximum Gasteiger partial charge on any atom is 0.172 e. The van der Waals surface area contributed by atoms with Crippen LogP contribution in [0.5, 0.6) is 0 Å². The fraction of sp³-hybridized carbons (Fsp3) is 0.235. The number of pyridine rings is 1. The smallest absolute Gasteiger partial charge is 0.172 e. The summed E-state index contributed by atoms with van der Waals surface area (Å²) in [5.74, 6) is 0.389. The Hall–Kier alpha value is -3.20. The van der Waals surface area contributed by atoms with Gasteiger partial charge in [0.05, 0.1) is 24.1 Å². The predicted molar refractivity (Wildman–Crippen MR) is 93.6 cm³/mol. The van der Waals surface area contributed by atoms with E-state index in [0.29, 0.717) is 18.2 Å². The molecule has 0 spiro atoms. The third-order valence-corrected chi connectivity index (χ3v) is 3.67. The Balaban J connectivity index is 1.93. The first kappa shape index (κ1) is 17.6. The summed E-state index contributed by atoms with van der Waals surface area (Å²) in [5, 5.41) is 8.59. The molecule has 9 heteroatoms. The molecular formula is C17H18FN7O. The van der Waals surface area contributed by atoms with Gasteiger partial charge in [-0.25, -0.2) is 24.3 Å². The summed E-state index contributed by atoms with van der Waals surface area (Å²) >= 11 is 0. The average Bonchev–Trinajstić information content (AvgIpc) is 3.10. The van der Waals surface area contributed by atoms with E-state index in [4.69, 9.17) is 5.21 Å². The second kappa shape index (κ2) is 8.26. The summed E-state index contributed by atoms with van der Waals surface area (Å²) < 4.78 is 15.8. The second-order valence-electron chi connectivity index (χ2n) is 5.47. The standard InChI is InChI=1S/C17H18FN7O/c1-2-4-13-14(21-9-15(24-13)22-11-23-26)10-25-8-7-20-17(25)16-12(18)5-3-6-19-16/h3,5-9,11,26H,2,4,10H2,1H3,(H,22,23,24). The minimum atomic E-state index is -0.430. The van der Waals surface area contributed by atoms with Crippen molar-refractivity contribution >= 4 is 12.2 Å². The zero-order chi connectivity index (χ0) is 18.4. The van der Waals surface area contributed by atoms with E-state index < -0.39 is 5.82 Å². The largest absolute Gasteiger partial charge is 0.324 e. The summed E-state index contributed by atoms with van der Waals surface area (Å²) in [7, 11) is 0. The van der Waals surface area contributed by atoms with E-state index >= 15 is 0 Å². The van der Waals surface area contributed by atoms with Crippen molar-refractivity contribution in [3.63, 3.8) is 0 Å². The van der Waals surface area contributed by atoms with Gasteiger partial charge < -0.3 is 4.57 Å². The number of aryl methyl sites for hydroxylation is 1. The lowest BCUT2D eigenvalue weighted by Crippen LogP contribution is -2.09. The van der Waals surface area contributed by atoms with Crippen LogP contribution in [-0.4, -0.2) is 36.0 Å². The van der Waals surface area contributed by atoms with Crippen LogP contribution in [0.25, 0.3) is 11.5 Å². The molecule has 0 radical (unpaired) electrons. The van der Waals surface area contributed by atoms with Crippen LogP contribution in [0.4, 0.5) is 10.2 Å². The molecule has 0 aliphatic rings. The molecule has 3 rings (SSSR count). The van der Waals surface area contributed by atoms with Gasteiger partial charge in [-0.1, -0.05) is 13.3 Å². The number of rotatable bonds is 7. The highest BCUT2D eigenvalue weighted by Gasteiger charge is 2.15. The first-order valence-electron chi connectivity index (χ1n) is 8.12. The summed E-state index contributed by atoms with van der Waals surface area (Å²) in [6.45, 7) is 2.43. The van der Waals surface area contributed by atoms with E-state index in [2.05, 4.69) is 24.9 Å². The molecule has 0 aliphatic heterocycles. The molecule has 0 fully saturated rings. The van der Waals surface area contributed by atoms with E-state index in [1.54, 1.807) is 17.0 Å². The van der Waals surface area contributed by atoms with Gasteiger partial charge in [-0.15, -0.1) is 0 Å². The molecule has 3 heterocycles. The summed E-state index contributed by atoms with van der Waals surface area (Å²) in [5.41, 5.74) is 3.57. The highest BCUT2D eigenvalue weighted by molar-refractivity contribution is 5.57. The molecule has 3 aromatic rings. The number of hydrogen-bond donors (Lipinski definition) is 2. The van der Waals surface area contributed by atoms with Crippen LogP contribution in [0, 0.1) is 5.82 Å². The van der Waals surface area contributed by atoms with Crippen molar-refractivity contribution < 1.29 is 9.60 Å². The molecule has 8 nitrogen and oxygen atoms in total. The first-order chi connectivity index (χ1) is 12.7. The third kappa shape index (κ3) is 3.89.